The van der Waals surface area contributed by atoms with Crippen LogP contribution in [0.4, 0.5) is 5.69 Å². The Morgan fingerprint density at radius 3 is 2.72 bits per heavy atom. The molecule has 0 atom stereocenters. The van der Waals surface area contributed by atoms with E-state index in [2.05, 4.69) is 12.2 Å². The molecule has 1 heterocycles. The van der Waals surface area contributed by atoms with Crippen LogP contribution < -0.4 is 5.32 Å². The molecule has 0 aromatic heterocycles. The standard InChI is InChI=1S/C14H20N2O2/c1-3-15-12-4-5-13(11(2)10-12)14(17)16-6-8-18-9-7-16/h4-5,10,15H,3,6-9H2,1-2H3. The van der Waals surface area contributed by atoms with Crippen molar-refractivity contribution < 1.29 is 9.53 Å². The number of morpholine rings is 1. The summed E-state index contributed by atoms with van der Waals surface area (Å²) < 4.78 is 5.26. The number of aryl methyl sites for hydroxylation is 1. The average molecular weight is 248 g/mol. The van der Waals surface area contributed by atoms with Crippen LogP contribution in [0.3, 0.4) is 0 Å². The first kappa shape index (κ1) is 12.9. The number of nitrogens with zero attached hydrogens (tertiary/aromatic N) is 1. The summed E-state index contributed by atoms with van der Waals surface area (Å²) in [7, 11) is 0. The first-order chi connectivity index (χ1) is 8.72. The predicted molar refractivity (Wildman–Crippen MR) is 72.1 cm³/mol. The third kappa shape index (κ3) is 2.82. The fourth-order valence-corrected chi connectivity index (χ4v) is 2.15. The zero-order valence-electron chi connectivity index (χ0n) is 11.0. The minimum atomic E-state index is 0.110. The van der Waals surface area contributed by atoms with E-state index in [1.807, 2.05) is 30.0 Å². The summed E-state index contributed by atoms with van der Waals surface area (Å²) in [5.41, 5.74) is 2.87. The second kappa shape index (κ2) is 5.87. The Morgan fingerprint density at radius 2 is 2.11 bits per heavy atom. The summed E-state index contributed by atoms with van der Waals surface area (Å²) in [5.74, 6) is 0.110. The maximum absolute atomic E-state index is 12.3. The molecule has 98 valence electrons. The second-order valence-corrected chi connectivity index (χ2v) is 4.46. The van der Waals surface area contributed by atoms with E-state index in [0.29, 0.717) is 26.3 Å². The molecule has 0 radical (unpaired) electrons. The summed E-state index contributed by atoms with van der Waals surface area (Å²) in [6.45, 7) is 7.58. The van der Waals surface area contributed by atoms with Crippen LogP contribution in [-0.4, -0.2) is 43.7 Å². The van der Waals surface area contributed by atoms with Gasteiger partial charge in [-0.15, -0.1) is 0 Å². The van der Waals surface area contributed by atoms with Crippen LogP contribution in [0, 0.1) is 6.92 Å². The van der Waals surface area contributed by atoms with E-state index in [1.165, 1.54) is 0 Å². The molecule has 1 N–H and O–H groups in total. The number of nitrogens with one attached hydrogen (secondary N) is 1. The quantitative estimate of drug-likeness (QED) is 0.888. The predicted octanol–water partition coefficient (Wildman–Crippen LogP) is 1.90. The molecule has 1 aliphatic heterocycles. The van der Waals surface area contributed by atoms with Crippen molar-refractivity contribution in [1.82, 2.24) is 4.90 Å². The van der Waals surface area contributed by atoms with E-state index in [1.54, 1.807) is 0 Å². The number of rotatable bonds is 3. The van der Waals surface area contributed by atoms with Crippen LogP contribution in [0.25, 0.3) is 0 Å². The van der Waals surface area contributed by atoms with E-state index in [-0.39, 0.29) is 5.91 Å². The summed E-state index contributed by atoms with van der Waals surface area (Å²) in [4.78, 5) is 14.2. The van der Waals surface area contributed by atoms with Crippen LogP contribution in [-0.2, 0) is 4.74 Å². The van der Waals surface area contributed by atoms with Gasteiger partial charge in [0, 0.05) is 30.9 Å². The Hall–Kier alpha value is -1.55. The molecule has 1 aromatic carbocycles. The van der Waals surface area contributed by atoms with Gasteiger partial charge in [0.25, 0.3) is 5.91 Å². The van der Waals surface area contributed by atoms with Crippen LogP contribution in [0.5, 0.6) is 0 Å². The Balaban J connectivity index is 2.14. The van der Waals surface area contributed by atoms with Crippen LogP contribution in [0.2, 0.25) is 0 Å². The van der Waals surface area contributed by atoms with E-state index < -0.39 is 0 Å². The summed E-state index contributed by atoms with van der Waals surface area (Å²) in [5, 5.41) is 3.25. The fourth-order valence-electron chi connectivity index (χ4n) is 2.15. The number of amides is 1. The van der Waals surface area contributed by atoms with Gasteiger partial charge in [0.15, 0.2) is 0 Å². The third-order valence-corrected chi connectivity index (χ3v) is 3.14. The van der Waals surface area contributed by atoms with E-state index in [9.17, 15) is 4.79 Å². The van der Waals surface area contributed by atoms with Crippen molar-refractivity contribution in [2.24, 2.45) is 0 Å². The molecule has 0 saturated carbocycles. The first-order valence-electron chi connectivity index (χ1n) is 6.44. The van der Waals surface area contributed by atoms with Crippen molar-refractivity contribution >= 4 is 11.6 Å². The molecule has 4 heteroatoms. The molecule has 1 fully saturated rings. The Labute approximate surface area is 108 Å². The Morgan fingerprint density at radius 1 is 1.39 bits per heavy atom. The summed E-state index contributed by atoms with van der Waals surface area (Å²) >= 11 is 0. The van der Waals surface area contributed by atoms with Gasteiger partial charge in [-0.25, -0.2) is 0 Å². The lowest BCUT2D eigenvalue weighted by atomic mass is 10.1. The highest BCUT2D eigenvalue weighted by molar-refractivity contribution is 5.96. The second-order valence-electron chi connectivity index (χ2n) is 4.46. The minimum absolute atomic E-state index is 0.110. The fraction of sp³-hybridized carbons (Fsp3) is 0.500. The molecule has 1 amide bonds. The van der Waals surface area contributed by atoms with E-state index in [0.717, 1.165) is 23.4 Å². The van der Waals surface area contributed by atoms with Gasteiger partial charge in [-0.1, -0.05) is 0 Å². The zero-order chi connectivity index (χ0) is 13.0. The van der Waals surface area contributed by atoms with Gasteiger partial charge >= 0.3 is 0 Å². The number of carbonyl (C=O) groups is 1. The SMILES string of the molecule is CCNc1ccc(C(=O)N2CCOCC2)c(C)c1. The number of hydrogen-bond donors (Lipinski definition) is 1. The normalized spacial score (nSPS) is 15.6. The molecule has 1 saturated heterocycles. The van der Waals surface area contributed by atoms with Gasteiger partial charge in [-0.05, 0) is 37.6 Å². The molecular weight excluding hydrogens is 228 g/mol. The molecule has 0 bridgehead atoms. The first-order valence-corrected chi connectivity index (χ1v) is 6.44. The van der Waals surface area contributed by atoms with Crippen molar-refractivity contribution in [3.63, 3.8) is 0 Å². The zero-order valence-corrected chi connectivity index (χ0v) is 11.0. The lowest BCUT2D eigenvalue weighted by molar-refractivity contribution is 0.0302. The number of carbonyl (C=O) groups excluding carboxylic acids is 1. The van der Waals surface area contributed by atoms with Crippen LogP contribution in [0.1, 0.15) is 22.8 Å². The molecule has 0 aliphatic carbocycles. The minimum Gasteiger partial charge on any atom is -0.385 e. The van der Waals surface area contributed by atoms with Gasteiger partial charge in [-0.3, -0.25) is 4.79 Å². The van der Waals surface area contributed by atoms with Gasteiger partial charge in [0.05, 0.1) is 13.2 Å². The molecular formula is C14H20N2O2. The van der Waals surface area contributed by atoms with Crippen LogP contribution in [0.15, 0.2) is 18.2 Å². The Bertz CT molecular complexity index is 426. The number of hydrogen-bond acceptors (Lipinski definition) is 3. The smallest absolute Gasteiger partial charge is 0.254 e. The van der Waals surface area contributed by atoms with E-state index >= 15 is 0 Å². The van der Waals surface area contributed by atoms with Crippen molar-refractivity contribution in [2.45, 2.75) is 13.8 Å². The number of anilines is 1. The lowest BCUT2D eigenvalue weighted by Crippen LogP contribution is -2.40. The van der Waals surface area contributed by atoms with Crippen molar-refractivity contribution in [1.29, 1.82) is 0 Å². The third-order valence-electron chi connectivity index (χ3n) is 3.14. The lowest BCUT2D eigenvalue weighted by Gasteiger charge is -2.27. The monoisotopic (exact) mass is 248 g/mol. The summed E-state index contributed by atoms with van der Waals surface area (Å²) in [6.07, 6.45) is 0. The molecule has 1 aliphatic rings. The molecule has 18 heavy (non-hydrogen) atoms. The van der Waals surface area contributed by atoms with Gasteiger partial charge in [-0.2, -0.15) is 0 Å². The summed E-state index contributed by atoms with van der Waals surface area (Å²) in [6, 6.07) is 5.90. The largest absolute Gasteiger partial charge is 0.385 e. The number of ether oxygens (including phenoxy) is 1. The molecule has 1 aromatic rings. The van der Waals surface area contributed by atoms with E-state index in [4.69, 9.17) is 4.74 Å². The van der Waals surface area contributed by atoms with Crippen molar-refractivity contribution in [2.75, 3.05) is 38.2 Å². The highest BCUT2D eigenvalue weighted by atomic mass is 16.5. The van der Waals surface area contributed by atoms with Gasteiger partial charge in [0.1, 0.15) is 0 Å². The molecule has 2 rings (SSSR count). The highest BCUT2D eigenvalue weighted by Gasteiger charge is 2.19. The van der Waals surface area contributed by atoms with Crippen molar-refractivity contribution in [3.8, 4) is 0 Å². The highest BCUT2D eigenvalue weighted by Crippen LogP contribution is 2.17. The van der Waals surface area contributed by atoms with Crippen molar-refractivity contribution in [3.05, 3.63) is 29.3 Å². The Kier molecular flexibility index (Phi) is 4.20. The topological polar surface area (TPSA) is 41.6 Å². The maximum Gasteiger partial charge on any atom is 0.254 e. The van der Waals surface area contributed by atoms with Gasteiger partial charge in [0.2, 0.25) is 0 Å². The van der Waals surface area contributed by atoms with Gasteiger partial charge < -0.3 is 15.0 Å². The number of benzene rings is 1. The molecule has 0 spiro atoms. The maximum atomic E-state index is 12.3. The van der Waals surface area contributed by atoms with Crippen LogP contribution >= 0.6 is 0 Å². The average Bonchev–Trinajstić information content (AvgIpc) is 2.40. The molecule has 4 nitrogen and oxygen atoms in total. The molecule has 0 unspecified atom stereocenters.